The number of hydrogen-bond donors (Lipinski definition) is 2. The molecule has 0 bridgehead atoms. The molecule has 2 heterocycles. The summed E-state index contributed by atoms with van der Waals surface area (Å²) in [6, 6.07) is 23.4. The topological polar surface area (TPSA) is 60.1 Å². The van der Waals surface area contributed by atoms with Crippen molar-refractivity contribution in [2.24, 2.45) is 0 Å². The minimum absolute atomic E-state index is 0.00387. The zero-order valence-electron chi connectivity index (χ0n) is 17.2. The quantitative estimate of drug-likeness (QED) is 0.656. The maximum absolute atomic E-state index is 13.4. The average molecular weight is 405 g/mol. The molecule has 3 N–H and O–H groups in total. The van der Waals surface area contributed by atoms with E-state index in [2.05, 4.69) is 21.3 Å². The maximum atomic E-state index is 13.4. The van der Waals surface area contributed by atoms with Gasteiger partial charge < -0.3 is 15.0 Å². The predicted molar refractivity (Wildman–Crippen MR) is 117 cm³/mol. The van der Waals surface area contributed by atoms with Crippen molar-refractivity contribution in [2.45, 2.75) is 6.04 Å². The third kappa shape index (κ3) is 4.60. The Hall–Kier alpha value is -3.38. The molecule has 1 aromatic heterocycles. The molecule has 2 aromatic carbocycles. The van der Waals surface area contributed by atoms with Crippen molar-refractivity contribution in [3.8, 4) is 5.75 Å². The van der Waals surface area contributed by atoms with E-state index >= 15 is 0 Å². The number of nitrogens with one attached hydrogen (secondary N) is 3. The molecule has 6 heteroatoms. The number of piperazine rings is 1. The Morgan fingerprint density at radius 1 is 1.03 bits per heavy atom. The Kier molecular flexibility index (Phi) is 6.25. The monoisotopic (exact) mass is 404 g/mol. The first-order valence-electron chi connectivity index (χ1n) is 10.3. The van der Waals surface area contributed by atoms with Crippen molar-refractivity contribution in [1.29, 1.82) is 0 Å². The van der Waals surface area contributed by atoms with Crippen LogP contribution < -0.4 is 24.8 Å². The van der Waals surface area contributed by atoms with Gasteiger partial charge in [0, 0.05) is 23.4 Å². The summed E-state index contributed by atoms with van der Waals surface area (Å²) in [5.41, 5.74) is 1.78. The SMILES string of the molecule is COc1cccc(NC(=O)[C@H](c2ccccc2)[NH+]2CCN(c3cccc[nH+]3)CC2)c1. The molecule has 1 amide bonds. The van der Waals surface area contributed by atoms with Crippen LogP contribution in [-0.4, -0.2) is 39.2 Å². The van der Waals surface area contributed by atoms with Gasteiger partial charge in [-0.1, -0.05) is 42.5 Å². The van der Waals surface area contributed by atoms with Gasteiger partial charge in [-0.2, -0.15) is 0 Å². The Morgan fingerprint density at radius 2 is 1.80 bits per heavy atom. The van der Waals surface area contributed by atoms with Gasteiger partial charge in [-0.3, -0.25) is 9.69 Å². The summed E-state index contributed by atoms with van der Waals surface area (Å²) in [6.45, 7) is 3.55. The highest BCUT2D eigenvalue weighted by Crippen LogP contribution is 2.19. The molecule has 0 saturated carbocycles. The normalized spacial score (nSPS) is 15.4. The molecular weight excluding hydrogens is 376 g/mol. The second-order valence-electron chi connectivity index (χ2n) is 7.46. The number of rotatable bonds is 6. The minimum Gasteiger partial charge on any atom is -0.497 e. The van der Waals surface area contributed by atoms with E-state index in [9.17, 15) is 4.79 Å². The Labute approximate surface area is 177 Å². The summed E-state index contributed by atoms with van der Waals surface area (Å²) in [5, 5.41) is 3.10. The lowest BCUT2D eigenvalue weighted by atomic mass is 10.0. The van der Waals surface area contributed by atoms with Crippen molar-refractivity contribution >= 4 is 17.4 Å². The number of hydrogen-bond acceptors (Lipinski definition) is 3. The fourth-order valence-corrected chi connectivity index (χ4v) is 4.04. The number of aromatic nitrogens is 1. The molecule has 1 aliphatic heterocycles. The number of methoxy groups -OCH3 is 1. The van der Waals surface area contributed by atoms with E-state index in [-0.39, 0.29) is 11.9 Å². The second-order valence-corrected chi connectivity index (χ2v) is 7.46. The highest BCUT2D eigenvalue weighted by atomic mass is 16.5. The number of anilines is 2. The molecular formula is C24H28N4O2+2. The van der Waals surface area contributed by atoms with E-state index in [0.717, 1.165) is 49.0 Å². The minimum atomic E-state index is -0.265. The first-order valence-corrected chi connectivity index (χ1v) is 10.3. The lowest BCUT2D eigenvalue weighted by molar-refractivity contribution is -0.922. The van der Waals surface area contributed by atoms with Crippen molar-refractivity contribution < 1.29 is 19.4 Å². The average Bonchev–Trinajstić information content (AvgIpc) is 2.81. The van der Waals surface area contributed by atoms with Crippen LogP contribution in [0.1, 0.15) is 11.6 Å². The standard InChI is InChI=1S/C24H26N4O2/c1-30-21-11-7-10-20(18-21)26-24(29)23(19-8-3-2-4-9-19)28-16-14-27(15-17-28)22-12-5-6-13-25-22/h2-13,18,23H,14-17H2,1H3,(H,26,29)/p+2/t23-/m0/s1. The van der Waals surface area contributed by atoms with E-state index in [1.165, 1.54) is 4.90 Å². The smallest absolute Gasteiger partial charge is 0.287 e. The van der Waals surface area contributed by atoms with Gasteiger partial charge in [0.15, 0.2) is 6.04 Å². The molecule has 30 heavy (non-hydrogen) atoms. The Morgan fingerprint density at radius 3 is 2.50 bits per heavy atom. The van der Waals surface area contributed by atoms with Crippen LogP contribution in [0, 0.1) is 0 Å². The fourth-order valence-electron chi connectivity index (χ4n) is 4.04. The van der Waals surface area contributed by atoms with Crippen LogP contribution in [0.3, 0.4) is 0 Å². The Balaban J connectivity index is 1.51. The van der Waals surface area contributed by atoms with Crippen LogP contribution in [-0.2, 0) is 4.79 Å². The second kappa shape index (κ2) is 9.41. The number of ether oxygens (including phenoxy) is 1. The van der Waals surface area contributed by atoms with Crippen LogP contribution in [0.15, 0.2) is 79.0 Å². The summed E-state index contributed by atoms with van der Waals surface area (Å²) in [5.74, 6) is 1.85. The summed E-state index contributed by atoms with van der Waals surface area (Å²) in [6.07, 6.45) is 1.95. The van der Waals surface area contributed by atoms with Crippen LogP contribution >= 0.6 is 0 Å². The van der Waals surface area contributed by atoms with Crippen LogP contribution in [0.5, 0.6) is 5.75 Å². The lowest BCUT2D eigenvalue weighted by Crippen LogP contribution is -3.16. The number of benzene rings is 2. The van der Waals surface area contributed by atoms with Crippen molar-refractivity contribution in [2.75, 3.05) is 43.5 Å². The predicted octanol–water partition coefficient (Wildman–Crippen LogP) is 1.59. The highest BCUT2D eigenvalue weighted by molar-refractivity contribution is 5.94. The summed E-state index contributed by atoms with van der Waals surface area (Å²) < 4.78 is 5.29. The number of carbonyl (C=O) groups is 1. The van der Waals surface area contributed by atoms with Crippen molar-refractivity contribution in [1.82, 2.24) is 0 Å². The number of aromatic amines is 1. The molecule has 1 fully saturated rings. The van der Waals surface area contributed by atoms with E-state index in [0.29, 0.717) is 0 Å². The first-order chi connectivity index (χ1) is 14.7. The van der Waals surface area contributed by atoms with Gasteiger partial charge in [-0.05, 0) is 18.2 Å². The molecule has 1 aliphatic rings. The number of nitrogens with zero attached hydrogens (tertiary/aromatic N) is 1. The van der Waals surface area contributed by atoms with Gasteiger partial charge in [-0.15, -0.1) is 0 Å². The molecule has 0 unspecified atom stereocenters. The molecule has 0 spiro atoms. The molecule has 0 aliphatic carbocycles. The molecule has 4 rings (SSSR count). The summed E-state index contributed by atoms with van der Waals surface area (Å²) >= 11 is 0. The van der Waals surface area contributed by atoms with Crippen LogP contribution in [0.2, 0.25) is 0 Å². The Bertz CT molecular complexity index is 957. The van der Waals surface area contributed by atoms with Gasteiger partial charge in [-0.25, -0.2) is 4.98 Å². The fraction of sp³-hybridized carbons (Fsp3) is 0.250. The number of carbonyl (C=O) groups excluding carboxylic acids is 1. The molecule has 1 saturated heterocycles. The van der Waals surface area contributed by atoms with Gasteiger partial charge >= 0.3 is 0 Å². The van der Waals surface area contributed by atoms with Crippen molar-refractivity contribution in [3.63, 3.8) is 0 Å². The highest BCUT2D eigenvalue weighted by Gasteiger charge is 2.36. The van der Waals surface area contributed by atoms with E-state index in [1.54, 1.807) is 7.11 Å². The van der Waals surface area contributed by atoms with Gasteiger partial charge in [0.1, 0.15) is 31.9 Å². The van der Waals surface area contributed by atoms with Crippen LogP contribution in [0.4, 0.5) is 11.5 Å². The maximum Gasteiger partial charge on any atom is 0.287 e. The lowest BCUT2D eigenvalue weighted by Gasteiger charge is -2.33. The van der Waals surface area contributed by atoms with E-state index < -0.39 is 0 Å². The molecule has 0 radical (unpaired) electrons. The third-order valence-electron chi connectivity index (χ3n) is 5.58. The van der Waals surface area contributed by atoms with E-state index in [1.807, 2.05) is 72.9 Å². The molecule has 1 atom stereocenters. The number of pyridine rings is 1. The van der Waals surface area contributed by atoms with Crippen LogP contribution in [0.25, 0.3) is 0 Å². The third-order valence-corrected chi connectivity index (χ3v) is 5.58. The van der Waals surface area contributed by atoms with E-state index in [4.69, 9.17) is 4.74 Å². The van der Waals surface area contributed by atoms with Crippen molar-refractivity contribution in [3.05, 3.63) is 84.6 Å². The number of H-pyrrole nitrogens is 1. The number of quaternary nitrogens is 1. The van der Waals surface area contributed by atoms with Gasteiger partial charge in [0.25, 0.3) is 11.7 Å². The number of amides is 1. The van der Waals surface area contributed by atoms with Gasteiger partial charge in [0.2, 0.25) is 0 Å². The first kappa shape index (κ1) is 19.9. The zero-order valence-corrected chi connectivity index (χ0v) is 17.2. The largest absolute Gasteiger partial charge is 0.497 e. The molecule has 3 aromatic rings. The summed E-state index contributed by atoms with van der Waals surface area (Å²) in [4.78, 5) is 20.3. The molecule has 154 valence electrons. The zero-order chi connectivity index (χ0) is 20.8. The summed E-state index contributed by atoms with van der Waals surface area (Å²) in [7, 11) is 1.63. The van der Waals surface area contributed by atoms with Gasteiger partial charge in [0.05, 0.1) is 13.3 Å². The molecule has 6 nitrogen and oxygen atoms in total.